The summed E-state index contributed by atoms with van der Waals surface area (Å²) in [5.41, 5.74) is 9.17. The summed E-state index contributed by atoms with van der Waals surface area (Å²) >= 11 is 0. The number of benzene rings is 2. The average Bonchev–Trinajstić information content (AvgIpc) is 3.08. The summed E-state index contributed by atoms with van der Waals surface area (Å²) in [4.78, 5) is 33.1. The molecule has 0 spiro atoms. The van der Waals surface area contributed by atoms with Crippen molar-refractivity contribution in [3.05, 3.63) is 77.1 Å². The van der Waals surface area contributed by atoms with Crippen LogP contribution in [0.15, 0.2) is 54.7 Å². The highest BCUT2D eigenvalue weighted by Gasteiger charge is 2.32. The number of amides is 2. The van der Waals surface area contributed by atoms with Gasteiger partial charge in [0, 0.05) is 24.6 Å². The van der Waals surface area contributed by atoms with E-state index in [1.54, 1.807) is 24.3 Å². The van der Waals surface area contributed by atoms with Gasteiger partial charge in [-0.1, -0.05) is 36.4 Å². The summed E-state index contributed by atoms with van der Waals surface area (Å²) in [7, 11) is 1.48. The Kier molecular flexibility index (Phi) is 5.16. The van der Waals surface area contributed by atoms with Gasteiger partial charge in [-0.3, -0.25) is 9.59 Å². The van der Waals surface area contributed by atoms with Crippen molar-refractivity contribution in [2.75, 3.05) is 12.8 Å². The first kappa shape index (κ1) is 19.5. The fraction of sp³-hybridized carbons (Fsp3) is 0.182. The second-order valence-electron chi connectivity index (χ2n) is 7.07. The van der Waals surface area contributed by atoms with Gasteiger partial charge in [-0.15, -0.1) is 0 Å². The van der Waals surface area contributed by atoms with Gasteiger partial charge < -0.3 is 21.5 Å². The van der Waals surface area contributed by atoms with E-state index >= 15 is 0 Å². The standard InChI is InChI=1S/C22H21N5O3/c1-24-22(30)19-20(23)25-11-16(26-19)13-6-4-7-14(9-13)21(29)27-18-15-8-3-2-5-12(15)10-17(18)28/h2-9,11,17-18,28H,10H2,1H3,(H2,23,25)(H,24,30)(H,27,29)/t17-,18+/m1/s1. The van der Waals surface area contributed by atoms with E-state index in [-0.39, 0.29) is 17.4 Å². The monoisotopic (exact) mass is 403 g/mol. The lowest BCUT2D eigenvalue weighted by atomic mass is 10.1. The van der Waals surface area contributed by atoms with Crippen molar-refractivity contribution < 1.29 is 14.7 Å². The molecule has 4 rings (SSSR count). The number of hydrogen-bond acceptors (Lipinski definition) is 6. The number of aromatic nitrogens is 2. The predicted molar refractivity (Wildman–Crippen MR) is 112 cm³/mol. The minimum absolute atomic E-state index is 0.0236. The van der Waals surface area contributed by atoms with Gasteiger partial charge in [-0.2, -0.15) is 0 Å². The highest BCUT2D eigenvalue weighted by molar-refractivity contribution is 5.97. The molecule has 30 heavy (non-hydrogen) atoms. The first-order chi connectivity index (χ1) is 14.5. The van der Waals surface area contributed by atoms with Gasteiger partial charge in [-0.25, -0.2) is 9.97 Å². The number of hydrogen-bond donors (Lipinski definition) is 4. The maximum Gasteiger partial charge on any atom is 0.273 e. The van der Waals surface area contributed by atoms with Crippen LogP contribution >= 0.6 is 0 Å². The molecule has 2 amide bonds. The van der Waals surface area contributed by atoms with Crippen LogP contribution in [0.4, 0.5) is 5.82 Å². The van der Waals surface area contributed by atoms with Crippen molar-refractivity contribution in [3.63, 3.8) is 0 Å². The van der Waals surface area contributed by atoms with Gasteiger partial charge in [-0.05, 0) is 23.3 Å². The van der Waals surface area contributed by atoms with Gasteiger partial charge in [0.2, 0.25) is 0 Å². The fourth-order valence-electron chi connectivity index (χ4n) is 3.62. The summed E-state index contributed by atoms with van der Waals surface area (Å²) in [5.74, 6) is -0.724. The number of aliphatic hydroxyl groups excluding tert-OH is 1. The number of rotatable bonds is 4. The van der Waals surface area contributed by atoms with Crippen molar-refractivity contribution in [2.24, 2.45) is 0 Å². The zero-order valence-corrected chi connectivity index (χ0v) is 16.3. The third kappa shape index (κ3) is 3.60. The van der Waals surface area contributed by atoms with Crippen molar-refractivity contribution >= 4 is 17.6 Å². The van der Waals surface area contributed by atoms with Crippen LogP contribution in [0.1, 0.15) is 38.0 Å². The van der Waals surface area contributed by atoms with Crippen molar-refractivity contribution in [1.82, 2.24) is 20.6 Å². The Labute approximate surface area is 173 Å². The molecule has 0 saturated carbocycles. The van der Waals surface area contributed by atoms with E-state index < -0.39 is 18.1 Å². The number of anilines is 1. The molecule has 1 aliphatic carbocycles. The predicted octanol–water partition coefficient (Wildman–Crippen LogP) is 1.47. The van der Waals surface area contributed by atoms with E-state index in [4.69, 9.17) is 5.73 Å². The number of fused-ring (bicyclic) bond motifs is 1. The number of aliphatic hydroxyl groups is 1. The minimum Gasteiger partial charge on any atom is -0.390 e. The molecule has 5 N–H and O–H groups in total. The Morgan fingerprint density at radius 1 is 1.13 bits per heavy atom. The van der Waals surface area contributed by atoms with Crippen molar-refractivity contribution in [3.8, 4) is 11.3 Å². The van der Waals surface area contributed by atoms with Crippen LogP contribution in [0.3, 0.4) is 0 Å². The van der Waals surface area contributed by atoms with E-state index in [2.05, 4.69) is 20.6 Å². The summed E-state index contributed by atoms with van der Waals surface area (Å²) in [6.07, 6.45) is 1.29. The summed E-state index contributed by atoms with van der Waals surface area (Å²) in [5, 5.41) is 15.8. The largest absolute Gasteiger partial charge is 0.390 e. The molecule has 2 atom stereocenters. The summed E-state index contributed by atoms with van der Waals surface area (Å²) in [6.45, 7) is 0. The molecule has 1 heterocycles. The number of nitrogen functional groups attached to an aromatic ring is 1. The quantitative estimate of drug-likeness (QED) is 0.522. The number of carbonyl (C=O) groups is 2. The molecular weight excluding hydrogens is 382 g/mol. The number of nitrogens with one attached hydrogen (secondary N) is 2. The highest BCUT2D eigenvalue weighted by Crippen LogP contribution is 2.31. The van der Waals surface area contributed by atoms with Gasteiger partial charge in [0.1, 0.15) is 0 Å². The molecule has 2 aromatic carbocycles. The fourth-order valence-corrected chi connectivity index (χ4v) is 3.62. The SMILES string of the molecule is CNC(=O)c1nc(-c2cccc(C(=O)N[C@H]3c4ccccc4C[C@H]3O)c2)cnc1N. The van der Waals surface area contributed by atoms with Gasteiger partial charge in [0.25, 0.3) is 11.8 Å². The zero-order valence-electron chi connectivity index (χ0n) is 16.3. The molecular formula is C22H21N5O3. The molecule has 8 nitrogen and oxygen atoms in total. The Morgan fingerprint density at radius 2 is 1.93 bits per heavy atom. The molecule has 0 radical (unpaired) electrons. The van der Waals surface area contributed by atoms with Crippen LogP contribution < -0.4 is 16.4 Å². The average molecular weight is 403 g/mol. The third-order valence-corrected chi connectivity index (χ3v) is 5.15. The smallest absolute Gasteiger partial charge is 0.273 e. The van der Waals surface area contributed by atoms with E-state index in [1.165, 1.54) is 13.2 Å². The number of nitrogens with zero attached hydrogens (tertiary/aromatic N) is 2. The van der Waals surface area contributed by atoms with Crippen LogP contribution in [0.5, 0.6) is 0 Å². The Bertz CT molecular complexity index is 1130. The zero-order chi connectivity index (χ0) is 21.3. The highest BCUT2D eigenvalue weighted by atomic mass is 16.3. The van der Waals surface area contributed by atoms with Gasteiger partial charge in [0.05, 0.1) is 24.0 Å². The molecule has 0 fully saturated rings. The lowest BCUT2D eigenvalue weighted by molar-refractivity contribution is 0.0858. The Morgan fingerprint density at radius 3 is 2.73 bits per heavy atom. The topological polar surface area (TPSA) is 130 Å². The molecule has 0 saturated heterocycles. The molecule has 1 aromatic heterocycles. The maximum absolute atomic E-state index is 12.9. The van der Waals surface area contributed by atoms with Crippen LogP contribution in [0.25, 0.3) is 11.3 Å². The lowest BCUT2D eigenvalue weighted by Gasteiger charge is -2.18. The number of carbonyl (C=O) groups excluding carboxylic acids is 2. The molecule has 3 aromatic rings. The van der Waals surface area contributed by atoms with Gasteiger partial charge >= 0.3 is 0 Å². The molecule has 1 aliphatic rings. The maximum atomic E-state index is 12.9. The molecule has 0 bridgehead atoms. The summed E-state index contributed by atoms with van der Waals surface area (Å²) < 4.78 is 0. The van der Waals surface area contributed by atoms with Crippen LogP contribution in [-0.2, 0) is 6.42 Å². The number of nitrogens with two attached hydrogens (primary N) is 1. The van der Waals surface area contributed by atoms with Crippen molar-refractivity contribution in [1.29, 1.82) is 0 Å². The van der Waals surface area contributed by atoms with E-state index in [1.807, 2.05) is 24.3 Å². The van der Waals surface area contributed by atoms with Crippen LogP contribution in [0.2, 0.25) is 0 Å². The minimum atomic E-state index is -0.674. The van der Waals surface area contributed by atoms with Crippen LogP contribution in [0, 0.1) is 0 Å². The van der Waals surface area contributed by atoms with Gasteiger partial charge in [0.15, 0.2) is 11.5 Å². The first-order valence-corrected chi connectivity index (χ1v) is 9.49. The Hall–Kier alpha value is -3.78. The third-order valence-electron chi connectivity index (χ3n) is 5.15. The molecule has 8 heteroatoms. The summed E-state index contributed by atoms with van der Waals surface area (Å²) in [6, 6.07) is 14.0. The van der Waals surface area contributed by atoms with Crippen molar-refractivity contribution in [2.45, 2.75) is 18.6 Å². The van der Waals surface area contributed by atoms with E-state index in [0.29, 0.717) is 23.2 Å². The normalized spacial score (nSPS) is 17.3. The lowest BCUT2D eigenvalue weighted by Crippen LogP contribution is -2.33. The molecule has 152 valence electrons. The Balaban J connectivity index is 1.60. The molecule has 0 unspecified atom stereocenters. The van der Waals surface area contributed by atoms with E-state index in [0.717, 1.165) is 11.1 Å². The van der Waals surface area contributed by atoms with E-state index in [9.17, 15) is 14.7 Å². The second-order valence-corrected chi connectivity index (χ2v) is 7.07. The first-order valence-electron chi connectivity index (χ1n) is 9.49. The van der Waals surface area contributed by atoms with Crippen LogP contribution in [-0.4, -0.2) is 40.0 Å². The second kappa shape index (κ2) is 7.92. The molecule has 0 aliphatic heterocycles.